The molecule has 29 heavy (non-hydrogen) atoms. The minimum atomic E-state index is -0.107. The molecule has 2 rings (SSSR count). The largest absolute Gasteiger partial charge is 0.357 e. The van der Waals surface area contributed by atoms with E-state index in [4.69, 9.17) is 0 Å². The first-order valence-electron chi connectivity index (χ1n) is 9.56. The van der Waals surface area contributed by atoms with Crippen molar-refractivity contribution in [1.82, 2.24) is 26.3 Å². The topological polar surface area (TPSA) is 108 Å². The van der Waals surface area contributed by atoms with Gasteiger partial charge in [-0.05, 0) is 38.0 Å². The summed E-state index contributed by atoms with van der Waals surface area (Å²) in [5.74, 6) is 0.490. The van der Waals surface area contributed by atoms with Crippen molar-refractivity contribution in [2.75, 3.05) is 33.2 Å². The molecule has 8 nitrogen and oxygen atoms in total. The Morgan fingerprint density at radius 2 is 1.93 bits per heavy atom. The smallest absolute Gasteiger partial charge is 0.263 e. The van der Waals surface area contributed by atoms with Crippen LogP contribution in [0.25, 0.3) is 0 Å². The lowest BCUT2D eigenvalue weighted by Gasteiger charge is -2.12. The van der Waals surface area contributed by atoms with E-state index in [2.05, 4.69) is 31.2 Å². The summed E-state index contributed by atoms with van der Waals surface area (Å²) in [6.07, 6.45) is 0.725. The highest BCUT2D eigenvalue weighted by Crippen LogP contribution is 2.11. The van der Waals surface area contributed by atoms with Crippen LogP contribution in [0.1, 0.15) is 38.2 Å². The highest BCUT2D eigenvalue weighted by Gasteiger charge is 2.10. The zero-order valence-corrected chi connectivity index (χ0v) is 17.9. The van der Waals surface area contributed by atoms with Gasteiger partial charge in [-0.15, -0.1) is 11.3 Å². The van der Waals surface area contributed by atoms with E-state index in [1.807, 2.05) is 32.0 Å². The number of aliphatic imine (C=N–C) groups is 1. The lowest BCUT2D eigenvalue weighted by atomic mass is 10.1. The molecule has 0 unspecified atom stereocenters. The second-order valence-corrected chi connectivity index (χ2v) is 7.09. The van der Waals surface area contributed by atoms with Gasteiger partial charge in [-0.25, -0.2) is 4.98 Å². The molecule has 0 aliphatic rings. The molecule has 2 amide bonds. The van der Waals surface area contributed by atoms with E-state index >= 15 is 0 Å². The predicted molar refractivity (Wildman–Crippen MR) is 117 cm³/mol. The SMILES string of the molecule is CCNC(=NCCc1cccc(C(=O)NC)c1)NCCNC(=O)c1scnc1C. The summed E-state index contributed by atoms with van der Waals surface area (Å²) in [7, 11) is 1.62. The Morgan fingerprint density at radius 3 is 2.62 bits per heavy atom. The summed E-state index contributed by atoms with van der Waals surface area (Å²) in [6.45, 7) is 6.18. The van der Waals surface area contributed by atoms with Gasteiger partial charge in [0.25, 0.3) is 11.8 Å². The van der Waals surface area contributed by atoms with Crippen LogP contribution in [0.5, 0.6) is 0 Å². The Morgan fingerprint density at radius 1 is 1.14 bits per heavy atom. The first-order chi connectivity index (χ1) is 14.0. The van der Waals surface area contributed by atoms with E-state index in [0.717, 1.165) is 24.2 Å². The van der Waals surface area contributed by atoms with Crippen molar-refractivity contribution in [2.24, 2.45) is 4.99 Å². The van der Waals surface area contributed by atoms with Gasteiger partial charge >= 0.3 is 0 Å². The van der Waals surface area contributed by atoms with Gasteiger partial charge in [0.05, 0.1) is 11.2 Å². The van der Waals surface area contributed by atoms with Crippen molar-refractivity contribution in [3.8, 4) is 0 Å². The summed E-state index contributed by atoms with van der Waals surface area (Å²) >= 11 is 1.34. The fourth-order valence-corrected chi connectivity index (χ4v) is 3.33. The molecular formula is C20H28N6O2S. The lowest BCUT2D eigenvalue weighted by Crippen LogP contribution is -2.41. The van der Waals surface area contributed by atoms with Crippen molar-refractivity contribution in [1.29, 1.82) is 0 Å². The summed E-state index contributed by atoms with van der Waals surface area (Å²) in [6, 6.07) is 7.53. The molecule has 0 fully saturated rings. The van der Waals surface area contributed by atoms with Gasteiger partial charge in [0.1, 0.15) is 4.88 Å². The molecule has 1 aromatic heterocycles. The number of thiazole rings is 1. The van der Waals surface area contributed by atoms with Gasteiger partial charge in [0, 0.05) is 38.8 Å². The molecule has 4 N–H and O–H groups in total. The number of guanidine groups is 1. The number of hydrogen-bond donors (Lipinski definition) is 4. The third kappa shape index (κ3) is 7.19. The molecule has 0 spiro atoms. The van der Waals surface area contributed by atoms with E-state index in [1.54, 1.807) is 18.6 Å². The van der Waals surface area contributed by atoms with E-state index in [0.29, 0.717) is 36.0 Å². The number of hydrogen-bond acceptors (Lipinski definition) is 5. The number of carbonyl (C=O) groups excluding carboxylic acids is 2. The van der Waals surface area contributed by atoms with Gasteiger partial charge in [0.15, 0.2) is 5.96 Å². The molecule has 0 aliphatic carbocycles. The zero-order chi connectivity index (χ0) is 21.1. The molecule has 156 valence electrons. The number of benzene rings is 1. The first-order valence-corrected chi connectivity index (χ1v) is 10.4. The number of amides is 2. The van der Waals surface area contributed by atoms with E-state index < -0.39 is 0 Å². The lowest BCUT2D eigenvalue weighted by molar-refractivity contribution is 0.0951. The molecule has 0 bridgehead atoms. The van der Waals surface area contributed by atoms with Crippen molar-refractivity contribution < 1.29 is 9.59 Å². The van der Waals surface area contributed by atoms with Gasteiger partial charge in [-0.3, -0.25) is 14.6 Å². The molecule has 0 aliphatic heterocycles. The van der Waals surface area contributed by atoms with Crippen LogP contribution >= 0.6 is 11.3 Å². The van der Waals surface area contributed by atoms with E-state index in [9.17, 15) is 9.59 Å². The fraction of sp³-hybridized carbons (Fsp3) is 0.400. The molecule has 0 saturated heterocycles. The molecule has 9 heteroatoms. The summed E-state index contributed by atoms with van der Waals surface area (Å²) in [4.78, 5) is 33.1. The van der Waals surface area contributed by atoms with Crippen LogP contribution in [0.4, 0.5) is 0 Å². The minimum absolute atomic E-state index is 0.0964. The molecule has 1 aromatic carbocycles. The quantitative estimate of drug-likeness (QED) is 0.280. The van der Waals surface area contributed by atoms with Crippen molar-refractivity contribution in [3.63, 3.8) is 0 Å². The van der Waals surface area contributed by atoms with Gasteiger partial charge < -0.3 is 21.3 Å². The highest BCUT2D eigenvalue weighted by molar-refractivity contribution is 7.11. The fourth-order valence-electron chi connectivity index (χ4n) is 2.61. The van der Waals surface area contributed by atoms with Crippen LogP contribution in [0.15, 0.2) is 34.8 Å². The summed E-state index contributed by atoms with van der Waals surface area (Å²) in [5.41, 5.74) is 4.11. The average molecular weight is 417 g/mol. The van der Waals surface area contributed by atoms with Gasteiger partial charge in [-0.2, -0.15) is 0 Å². The Kier molecular flexibility index (Phi) is 9.10. The zero-order valence-electron chi connectivity index (χ0n) is 17.0. The standard InChI is InChI=1S/C20H28N6O2S/c1-4-22-20(25-11-10-23-19(28)17-14(2)26-13-29-17)24-9-8-15-6-5-7-16(12-15)18(27)21-3/h5-7,12-13H,4,8-11H2,1-3H3,(H,21,27)(H,23,28)(H2,22,24,25). The van der Waals surface area contributed by atoms with Crippen LogP contribution in [0.3, 0.4) is 0 Å². The van der Waals surface area contributed by atoms with Crippen LogP contribution < -0.4 is 21.3 Å². The Balaban J connectivity index is 1.79. The Hall–Kier alpha value is -2.94. The van der Waals surface area contributed by atoms with Crippen LogP contribution in [0.2, 0.25) is 0 Å². The van der Waals surface area contributed by atoms with Crippen LogP contribution in [-0.2, 0) is 6.42 Å². The van der Waals surface area contributed by atoms with Crippen LogP contribution in [0, 0.1) is 6.92 Å². The van der Waals surface area contributed by atoms with Crippen molar-refractivity contribution in [2.45, 2.75) is 20.3 Å². The average Bonchev–Trinajstić information content (AvgIpc) is 3.16. The number of carbonyl (C=O) groups is 2. The third-order valence-electron chi connectivity index (χ3n) is 4.09. The predicted octanol–water partition coefficient (Wildman–Crippen LogP) is 1.34. The molecule has 0 radical (unpaired) electrons. The number of aromatic nitrogens is 1. The Bertz CT molecular complexity index is 849. The molecule has 0 saturated carbocycles. The van der Waals surface area contributed by atoms with E-state index in [1.165, 1.54) is 11.3 Å². The van der Waals surface area contributed by atoms with E-state index in [-0.39, 0.29) is 11.8 Å². The molecule has 2 aromatic rings. The van der Waals surface area contributed by atoms with Gasteiger partial charge in [0.2, 0.25) is 0 Å². The summed E-state index contributed by atoms with van der Waals surface area (Å²) < 4.78 is 0. The highest BCUT2D eigenvalue weighted by atomic mass is 32.1. The normalized spacial score (nSPS) is 11.1. The maximum Gasteiger partial charge on any atom is 0.263 e. The van der Waals surface area contributed by atoms with Crippen molar-refractivity contribution in [3.05, 3.63) is 51.5 Å². The number of nitrogens with one attached hydrogen (secondary N) is 4. The minimum Gasteiger partial charge on any atom is -0.357 e. The molecular weight excluding hydrogens is 388 g/mol. The Labute approximate surface area is 175 Å². The third-order valence-corrected chi connectivity index (χ3v) is 5.01. The molecule has 1 heterocycles. The maximum absolute atomic E-state index is 12.1. The van der Waals surface area contributed by atoms with Crippen molar-refractivity contribution >= 4 is 29.1 Å². The molecule has 0 atom stereocenters. The second kappa shape index (κ2) is 11.8. The van der Waals surface area contributed by atoms with Gasteiger partial charge in [-0.1, -0.05) is 12.1 Å². The number of rotatable bonds is 9. The monoisotopic (exact) mass is 416 g/mol. The maximum atomic E-state index is 12.1. The second-order valence-electron chi connectivity index (χ2n) is 6.24. The van der Waals surface area contributed by atoms with Crippen LogP contribution in [-0.4, -0.2) is 56.0 Å². The number of nitrogens with zero attached hydrogens (tertiary/aromatic N) is 2. The number of aryl methyl sites for hydroxylation is 1. The first kappa shape index (κ1) is 22.4. The summed E-state index contributed by atoms with van der Waals surface area (Å²) in [5, 5.41) is 11.9.